The Morgan fingerprint density at radius 2 is 1.84 bits per heavy atom. The molecule has 0 fully saturated rings. The zero-order valence-electron chi connectivity index (χ0n) is 17.3. The van der Waals surface area contributed by atoms with Crippen LogP contribution in [0.25, 0.3) is 0 Å². The summed E-state index contributed by atoms with van der Waals surface area (Å²) in [4.78, 5) is 25.0. The van der Waals surface area contributed by atoms with E-state index in [4.69, 9.17) is 4.74 Å². The van der Waals surface area contributed by atoms with Gasteiger partial charge in [-0.25, -0.2) is 4.68 Å². The number of fused-ring (bicyclic) bond motifs is 1. The second-order valence-corrected chi connectivity index (χ2v) is 8.32. The number of carbonyl (C=O) groups excluding carboxylic acids is 2. The third-order valence-corrected chi connectivity index (χ3v) is 5.86. The van der Waals surface area contributed by atoms with E-state index in [0.717, 1.165) is 33.9 Å². The molecular formula is C23H24N4O3S. The van der Waals surface area contributed by atoms with Crippen LogP contribution in [0.3, 0.4) is 0 Å². The molecule has 0 atom stereocenters. The predicted octanol–water partition coefficient (Wildman–Crippen LogP) is 3.27. The van der Waals surface area contributed by atoms with Gasteiger partial charge in [-0.2, -0.15) is 16.9 Å². The number of hydrogen-bond donors (Lipinski definition) is 2. The summed E-state index contributed by atoms with van der Waals surface area (Å²) in [6, 6.07) is 17.2. The Bertz CT molecular complexity index is 1060. The van der Waals surface area contributed by atoms with Crippen LogP contribution < -0.4 is 15.4 Å². The van der Waals surface area contributed by atoms with Gasteiger partial charge in [0.25, 0.3) is 5.91 Å². The summed E-state index contributed by atoms with van der Waals surface area (Å²) < 4.78 is 7.15. The van der Waals surface area contributed by atoms with E-state index in [-0.39, 0.29) is 25.0 Å². The van der Waals surface area contributed by atoms with E-state index in [9.17, 15) is 9.59 Å². The Morgan fingerprint density at radius 3 is 2.61 bits per heavy atom. The van der Waals surface area contributed by atoms with E-state index in [0.29, 0.717) is 18.1 Å². The lowest BCUT2D eigenvalue weighted by atomic mass is 10.2. The fraction of sp³-hybridized carbons (Fsp3) is 0.261. The molecular weight excluding hydrogens is 412 g/mol. The highest BCUT2D eigenvalue weighted by Gasteiger charge is 2.25. The maximum Gasteiger partial charge on any atom is 0.263 e. The van der Waals surface area contributed by atoms with Crippen molar-refractivity contribution in [2.75, 3.05) is 11.9 Å². The van der Waals surface area contributed by atoms with Crippen LogP contribution in [0, 0.1) is 6.92 Å². The molecule has 160 valence electrons. The maximum atomic E-state index is 12.5. The fourth-order valence-corrected chi connectivity index (χ4v) is 4.30. The zero-order chi connectivity index (χ0) is 21.6. The van der Waals surface area contributed by atoms with E-state index in [1.807, 2.05) is 61.5 Å². The van der Waals surface area contributed by atoms with Crippen LogP contribution in [0.5, 0.6) is 5.75 Å². The molecule has 2 amide bonds. The third kappa shape index (κ3) is 5.46. The number of benzene rings is 2. The number of aryl methyl sites for hydroxylation is 1. The highest BCUT2D eigenvalue weighted by Crippen LogP contribution is 2.34. The number of nitrogens with zero attached hydrogens (tertiary/aromatic N) is 2. The number of anilines is 1. The number of aromatic nitrogens is 2. The molecule has 31 heavy (non-hydrogen) atoms. The van der Waals surface area contributed by atoms with Crippen molar-refractivity contribution in [2.24, 2.45) is 0 Å². The van der Waals surface area contributed by atoms with Gasteiger partial charge in [0.05, 0.1) is 5.69 Å². The molecule has 2 N–H and O–H groups in total. The molecule has 4 rings (SSSR count). The van der Waals surface area contributed by atoms with Gasteiger partial charge in [0.2, 0.25) is 5.91 Å². The predicted molar refractivity (Wildman–Crippen MR) is 121 cm³/mol. The van der Waals surface area contributed by atoms with E-state index < -0.39 is 0 Å². The van der Waals surface area contributed by atoms with Gasteiger partial charge < -0.3 is 15.4 Å². The molecule has 2 aromatic carbocycles. The lowest BCUT2D eigenvalue weighted by Gasteiger charge is -2.12. The van der Waals surface area contributed by atoms with Crippen LogP contribution >= 0.6 is 11.8 Å². The molecule has 7 nitrogen and oxygen atoms in total. The molecule has 1 aliphatic rings. The van der Waals surface area contributed by atoms with E-state index >= 15 is 0 Å². The number of carbonyl (C=O) groups is 2. The van der Waals surface area contributed by atoms with E-state index in [1.54, 1.807) is 16.4 Å². The van der Waals surface area contributed by atoms with E-state index in [2.05, 4.69) is 15.7 Å². The summed E-state index contributed by atoms with van der Waals surface area (Å²) in [5.41, 5.74) is 4.04. The average molecular weight is 437 g/mol. The van der Waals surface area contributed by atoms with Crippen LogP contribution in [0.1, 0.15) is 22.4 Å². The minimum atomic E-state index is -0.286. The highest BCUT2D eigenvalue weighted by molar-refractivity contribution is 7.98. The third-order valence-electron chi connectivity index (χ3n) is 4.89. The monoisotopic (exact) mass is 436 g/mol. The Balaban J connectivity index is 1.38. The standard InChI is InChI=1S/C23H24N4O3S/c1-16-7-9-18(10-8-16)30-13-22(29)25-23-19-14-31-15-20(19)26-27(23)12-21(28)24-11-17-5-3-2-4-6-17/h2-10H,11-15H2,1H3,(H,24,28)(H,25,29). The number of rotatable bonds is 8. The van der Waals surface area contributed by atoms with Gasteiger partial charge in [-0.1, -0.05) is 48.0 Å². The number of ether oxygens (including phenoxy) is 1. The molecule has 0 spiro atoms. The van der Waals surface area contributed by atoms with Crippen LogP contribution in [0.15, 0.2) is 54.6 Å². The Hall–Kier alpha value is -3.26. The molecule has 3 aromatic rings. The van der Waals surface area contributed by atoms with Crippen molar-refractivity contribution < 1.29 is 14.3 Å². The summed E-state index contributed by atoms with van der Waals surface area (Å²) in [6.07, 6.45) is 0. The second-order valence-electron chi connectivity index (χ2n) is 7.34. The lowest BCUT2D eigenvalue weighted by Crippen LogP contribution is -2.29. The first-order valence-electron chi connectivity index (χ1n) is 10.0. The molecule has 0 saturated heterocycles. The van der Waals surface area contributed by atoms with Gasteiger partial charge in [-0.15, -0.1) is 0 Å². The number of nitrogens with one attached hydrogen (secondary N) is 2. The molecule has 0 unspecified atom stereocenters. The first-order chi connectivity index (χ1) is 15.1. The minimum absolute atomic E-state index is 0.0406. The van der Waals surface area contributed by atoms with Crippen molar-refractivity contribution in [3.63, 3.8) is 0 Å². The van der Waals surface area contributed by atoms with Gasteiger partial charge in [-0.3, -0.25) is 9.59 Å². The summed E-state index contributed by atoms with van der Waals surface area (Å²) in [6.45, 7) is 2.37. The topological polar surface area (TPSA) is 85.2 Å². The lowest BCUT2D eigenvalue weighted by molar-refractivity contribution is -0.122. The smallest absolute Gasteiger partial charge is 0.263 e. The normalized spacial score (nSPS) is 12.3. The number of thioether (sulfide) groups is 1. The summed E-state index contributed by atoms with van der Waals surface area (Å²) >= 11 is 1.74. The molecule has 0 radical (unpaired) electrons. The summed E-state index contributed by atoms with van der Waals surface area (Å²) in [5, 5.41) is 10.3. The average Bonchev–Trinajstić information content (AvgIpc) is 3.35. The SMILES string of the molecule is Cc1ccc(OCC(=O)Nc2c3c(nn2CC(=O)NCc2ccccc2)CSC3)cc1. The largest absolute Gasteiger partial charge is 0.484 e. The van der Waals surface area contributed by atoms with Crippen LogP contribution in [-0.2, 0) is 34.2 Å². The second kappa shape index (κ2) is 9.70. The number of hydrogen-bond acceptors (Lipinski definition) is 5. The van der Waals surface area contributed by atoms with Gasteiger partial charge in [0.1, 0.15) is 18.1 Å². The van der Waals surface area contributed by atoms with Crippen LogP contribution in [0.2, 0.25) is 0 Å². The molecule has 1 aromatic heterocycles. The van der Waals surface area contributed by atoms with Gasteiger partial charge in [-0.05, 0) is 24.6 Å². The molecule has 8 heteroatoms. The highest BCUT2D eigenvalue weighted by atomic mass is 32.2. The quantitative estimate of drug-likeness (QED) is 0.566. The van der Waals surface area contributed by atoms with Crippen molar-refractivity contribution in [2.45, 2.75) is 31.5 Å². The van der Waals surface area contributed by atoms with Crippen molar-refractivity contribution >= 4 is 29.4 Å². The zero-order valence-corrected chi connectivity index (χ0v) is 18.1. The Morgan fingerprint density at radius 1 is 1.06 bits per heavy atom. The first kappa shape index (κ1) is 21.0. The molecule has 0 bridgehead atoms. The van der Waals surface area contributed by atoms with Crippen molar-refractivity contribution in [1.82, 2.24) is 15.1 Å². The molecule has 1 aliphatic heterocycles. The van der Waals surface area contributed by atoms with Crippen molar-refractivity contribution in [3.05, 3.63) is 77.0 Å². The van der Waals surface area contributed by atoms with Gasteiger partial charge in [0, 0.05) is 23.6 Å². The maximum absolute atomic E-state index is 12.5. The Labute approximate surface area is 185 Å². The molecule has 2 heterocycles. The fourth-order valence-electron chi connectivity index (χ4n) is 3.26. The van der Waals surface area contributed by atoms with E-state index in [1.165, 1.54) is 0 Å². The Kier molecular flexibility index (Phi) is 6.57. The van der Waals surface area contributed by atoms with Crippen molar-refractivity contribution in [3.8, 4) is 5.75 Å². The number of amides is 2. The molecule has 0 saturated carbocycles. The van der Waals surface area contributed by atoms with Gasteiger partial charge >= 0.3 is 0 Å². The van der Waals surface area contributed by atoms with Crippen molar-refractivity contribution in [1.29, 1.82) is 0 Å². The first-order valence-corrected chi connectivity index (χ1v) is 11.2. The van der Waals surface area contributed by atoms with Crippen LogP contribution in [0.4, 0.5) is 5.82 Å². The molecule has 0 aliphatic carbocycles. The minimum Gasteiger partial charge on any atom is -0.484 e. The summed E-state index contributed by atoms with van der Waals surface area (Å²) in [5.74, 6) is 2.30. The van der Waals surface area contributed by atoms with Gasteiger partial charge in [0.15, 0.2) is 6.61 Å². The van der Waals surface area contributed by atoms with Crippen LogP contribution in [-0.4, -0.2) is 28.2 Å². The summed E-state index contributed by atoms with van der Waals surface area (Å²) in [7, 11) is 0.